The summed E-state index contributed by atoms with van der Waals surface area (Å²) >= 11 is 1.23. The molecule has 0 aliphatic heterocycles. The second-order valence-electron chi connectivity index (χ2n) is 4.21. The number of hydrogen-bond acceptors (Lipinski definition) is 3. The van der Waals surface area contributed by atoms with Crippen LogP contribution in [0.4, 0.5) is 4.39 Å². The van der Waals surface area contributed by atoms with Crippen LogP contribution in [0, 0.1) is 5.82 Å². The van der Waals surface area contributed by atoms with Gasteiger partial charge in [-0.05, 0) is 12.1 Å². The molecule has 0 bridgehead atoms. The minimum Gasteiger partial charge on any atom is -0.286 e. The summed E-state index contributed by atoms with van der Waals surface area (Å²) in [4.78, 5) is 16.5. The number of ketones is 1. The molecule has 0 N–H and O–H groups in total. The molecule has 0 saturated heterocycles. The van der Waals surface area contributed by atoms with Gasteiger partial charge in [0.05, 0.1) is 5.69 Å². The molecule has 1 heterocycles. The van der Waals surface area contributed by atoms with Gasteiger partial charge < -0.3 is 0 Å². The third-order valence-corrected chi connectivity index (χ3v) is 3.73. The third-order valence-electron chi connectivity index (χ3n) is 2.88. The Morgan fingerprint density at radius 1 is 1.00 bits per heavy atom. The molecule has 2 aromatic carbocycles. The number of benzene rings is 2. The number of carbonyl (C=O) groups is 1. The maximum Gasteiger partial charge on any atom is 0.221 e. The molecule has 0 unspecified atom stereocenters. The smallest absolute Gasteiger partial charge is 0.221 e. The molecule has 0 atom stereocenters. The van der Waals surface area contributed by atoms with E-state index in [0.29, 0.717) is 21.8 Å². The predicted octanol–water partition coefficient (Wildman–Crippen LogP) is 4.18. The van der Waals surface area contributed by atoms with Crippen LogP contribution < -0.4 is 0 Å². The van der Waals surface area contributed by atoms with Crippen molar-refractivity contribution in [3.8, 4) is 11.3 Å². The minimum atomic E-state index is -0.337. The van der Waals surface area contributed by atoms with Gasteiger partial charge in [0, 0.05) is 16.5 Å². The minimum absolute atomic E-state index is 0.141. The summed E-state index contributed by atoms with van der Waals surface area (Å²) in [5.74, 6) is -0.477. The second kappa shape index (κ2) is 5.35. The lowest BCUT2D eigenvalue weighted by atomic mass is 10.1. The van der Waals surface area contributed by atoms with Crippen LogP contribution in [0.1, 0.15) is 15.4 Å². The van der Waals surface area contributed by atoms with Gasteiger partial charge in [-0.1, -0.05) is 42.5 Å². The first kappa shape index (κ1) is 12.7. The predicted molar refractivity (Wildman–Crippen MR) is 77.4 cm³/mol. The van der Waals surface area contributed by atoms with Crippen LogP contribution in [0.15, 0.2) is 60.0 Å². The molecule has 0 radical (unpaired) electrons. The summed E-state index contributed by atoms with van der Waals surface area (Å²) in [5.41, 5.74) is 1.49. The lowest BCUT2D eigenvalue weighted by molar-refractivity contribution is 0.103. The van der Waals surface area contributed by atoms with E-state index >= 15 is 0 Å². The number of carbonyl (C=O) groups excluding carboxylic acids is 1. The largest absolute Gasteiger partial charge is 0.286 e. The van der Waals surface area contributed by atoms with Gasteiger partial charge in [-0.25, -0.2) is 9.37 Å². The zero-order chi connectivity index (χ0) is 13.9. The molecule has 3 rings (SSSR count). The van der Waals surface area contributed by atoms with Gasteiger partial charge in [0.25, 0.3) is 0 Å². The van der Waals surface area contributed by atoms with Crippen LogP contribution in [0.3, 0.4) is 0 Å². The molecule has 0 amide bonds. The van der Waals surface area contributed by atoms with Crippen molar-refractivity contribution >= 4 is 17.1 Å². The highest BCUT2D eigenvalue weighted by Gasteiger charge is 2.15. The van der Waals surface area contributed by atoms with Crippen molar-refractivity contribution in [2.45, 2.75) is 0 Å². The van der Waals surface area contributed by atoms with Crippen molar-refractivity contribution in [3.05, 3.63) is 76.4 Å². The highest BCUT2D eigenvalue weighted by molar-refractivity contribution is 7.12. The first-order valence-corrected chi connectivity index (χ1v) is 6.94. The monoisotopic (exact) mass is 283 g/mol. The van der Waals surface area contributed by atoms with E-state index in [2.05, 4.69) is 4.98 Å². The van der Waals surface area contributed by atoms with Crippen molar-refractivity contribution in [1.82, 2.24) is 4.98 Å². The molecule has 3 aromatic rings. The number of nitrogens with zero attached hydrogens (tertiary/aromatic N) is 1. The summed E-state index contributed by atoms with van der Waals surface area (Å²) in [6, 6.07) is 15.4. The number of rotatable bonds is 3. The molecular formula is C16H10FNOS. The SMILES string of the molecule is O=C(c1ccccc1)c1nc(-c2ccccc2F)cs1. The van der Waals surface area contributed by atoms with Crippen molar-refractivity contribution in [3.63, 3.8) is 0 Å². The van der Waals surface area contributed by atoms with Gasteiger partial charge in [0.2, 0.25) is 5.78 Å². The Bertz CT molecular complexity index is 752. The van der Waals surface area contributed by atoms with Crippen LogP contribution in [0.2, 0.25) is 0 Å². The van der Waals surface area contributed by atoms with E-state index in [1.807, 2.05) is 6.07 Å². The van der Waals surface area contributed by atoms with Gasteiger partial charge in [0.1, 0.15) is 5.82 Å². The molecule has 20 heavy (non-hydrogen) atoms. The fraction of sp³-hybridized carbons (Fsp3) is 0. The van der Waals surface area contributed by atoms with Gasteiger partial charge in [-0.3, -0.25) is 4.79 Å². The molecule has 4 heteroatoms. The Morgan fingerprint density at radius 3 is 2.45 bits per heavy atom. The fourth-order valence-corrected chi connectivity index (χ4v) is 2.66. The topological polar surface area (TPSA) is 30.0 Å². The first-order chi connectivity index (χ1) is 9.75. The van der Waals surface area contributed by atoms with E-state index in [4.69, 9.17) is 0 Å². The van der Waals surface area contributed by atoms with E-state index in [1.165, 1.54) is 17.4 Å². The van der Waals surface area contributed by atoms with E-state index in [-0.39, 0.29) is 11.6 Å². The molecule has 0 fully saturated rings. The van der Waals surface area contributed by atoms with E-state index in [9.17, 15) is 9.18 Å². The summed E-state index contributed by atoms with van der Waals surface area (Å²) < 4.78 is 13.7. The molecular weight excluding hydrogens is 273 g/mol. The molecule has 98 valence electrons. The van der Waals surface area contributed by atoms with E-state index < -0.39 is 0 Å². The Labute approximate surface area is 119 Å². The molecule has 2 nitrogen and oxygen atoms in total. The summed E-state index contributed by atoms with van der Waals surface area (Å²) in [6.07, 6.45) is 0. The number of hydrogen-bond donors (Lipinski definition) is 0. The van der Waals surface area contributed by atoms with Gasteiger partial charge >= 0.3 is 0 Å². The first-order valence-electron chi connectivity index (χ1n) is 6.06. The normalized spacial score (nSPS) is 10.4. The van der Waals surface area contributed by atoms with Crippen LogP contribution in [0.5, 0.6) is 0 Å². The van der Waals surface area contributed by atoms with E-state index in [1.54, 1.807) is 47.8 Å². The highest BCUT2D eigenvalue weighted by Crippen LogP contribution is 2.25. The standard InChI is InChI=1S/C16H10FNOS/c17-13-9-5-4-8-12(13)14-10-20-16(18-14)15(19)11-6-2-1-3-7-11/h1-10H. The van der Waals surface area contributed by atoms with Crippen LogP contribution in [0.25, 0.3) is 11.3 Å². The number of thiazole rings is 1. The molecule has 0 aliphatic carbocycles. The van der Waals surface area contributed by atoms with Crippen LogP contribution in [-0.4, -0.2) is 10.8 Å². The Kier molecular flexibility index (Phi) is 3.39. The Morgan fingerprint density at radius 2 is 1.70 bits per heavy atom. The quantitative estimate of drug-likeness (QED) is 0.675. The van der Waals surface area contributed by atoms with E-state index in [0.717, 1.165) is 0 Å². The van der Waals surface area contributed by atoms with Gasteiger partial charge in [-0.2, -0.15) is 0 Å². The highest BCUT2D eigenvalue weighted by atomic mass is 32.1. The maximum absolute atomic E-state index is 13.7. The summed E-state index contributed by atoms with van der Waals surface area (Å²) in [6.45, 7) is 0. The van der Waals surface area contributed by atoms with Gasteiger partial charge in [-0.15, -0.1) is 11.3 Å². The third kappa shape index (κ3) is 2.38. The summed E-state index contributed by atoms with van der Waals surface area (Å²) in [7, 11) is 0. The maximum atomic E-state index is 13.7. The zero-order valence-electron chi connectivity index (χ0n) is 10.4. The van der Waals surface area contributed by atoms with Crippen LogP contribution >= 0.6 is 11.3 Å². The van der Waals surface area contributed by atoms with Crippen molar-refractivity contribution in [2.24, 2.45) is 0 Å². The summed E-state index contributed by atoms with van der Waals surface area (Å²) in [5, 5.41) is 2.07. The van der Waals surface area contributed by atoms with Gasteiger partial charge in [0.15, 0.2) is 5.01 Å². The van der Waals surface area contributed by atoms with Crippen molar-refractivity contribution < 1.29 is 9.18 Å². The van der Waals surface area contributed by atoms with Crippen LogP contribution in [-0.2, 0) is 0 Å². The molecule has 1 aromatic heterocycles. The Balaban J connectivity index is 1.95. The average Bonchev–Trinajstić information content (AvgIpc) is 2.97. The fourth-order valence-electron chi connectivity index (χ4n) is 1.88. The van der Waals surface area contributed by atoms with Crippen molar-refractivity contribution in [1.29, 1.82) is 0 Å². The average molecular weight is 283 g/mol. The molecule has 0 saturated carbocycles. The Hall–Kier alpha value is -2.33. The molecule has 0 spiro atoms. The number of aromatic nitrogens is 1. The molecule has 0 aliphatic rings. The second-order valence-corrected chi connectivity index (χ2v) is 5.07. The zero-order valence-corrected chi connectivity index (χ0v) is 11.2. The lowest BCUT2D eigenvalue weighted by Gasteiger charge is -1.98. The lowest BCUT2D eigenvalue weighted by Crippen LogP contribution is -2.00. The van der Waals surface area contributed by atoms with Crippen molar-refractivity contribution in [2.75, 3.05) is 0 Å². The number of halogens is 1.